The molecule has 1 atom stereocenters. The number of nitrogens with zero attached hydrogens (tertiary/aromatic N) is 1. The predicted molar refractivity (Wildman–Crippen MR) is 63.4 cm³/mol. The van der Waals surface area contributed by atoms with Crippen molar-refractivity contribution in [2.24, 2.45) is 0 Å². The van der Waals surface area contributed by atoms with Gasteiger partial charge in [0.15, 0.2) is 0 Å². The van der Waals surface area contributed by atoms with Gasteiger partial charge in [0.25, 0.3) is 5.91 Å². The van der Waals surface area contributed by atoms with Gasteiger partial charge in [-0.15, -0.1) is 0 Å². The molecule has 1 heterocycles. The van der Waals surface area contributed by atoms with Crippen LogP contribution in [-0.4, -0.2) is 29.2 Å². The molecule has 0 aliphatic carbocycles. The van der Waals surface area contributed by atoms with Crippen molar-refractivity contribution in [1.29, 1.82) is 0 Å². The zero-order valence-corrected chi connectivity index (χ0v) is 10.6. The van der Waals surface area contributed by atoms with Crippen molar-refractivity contribution < 1.29 is 14.6 Å². The van der Waals surface area contributed by atoms with E-state index in [2.05, 4.69) is 26.2 Å². The molecule has 88 valence electrons. The van der Waals surface area contributed by atoms with E-state index in [1.165, 1.54) is 7.11 Å². The van der Waals surface area contributed by atoms with Gasteiger partial charge in [-0.05, 0) is 28.4 Å². The standard InChI is InChI=1S/C10H13BrN2O3/c1-3-7(14)10(15)12-6-4-8(11)13-9(5-6)16-2/h4-5,7,14H,3H2,1-2H3,(H,12,13,15)/t7-/m1/s1. The molecule has 1 amide bonds. The van der Waals surface area contributed by atoms with Gasteiger partial charge < -0.3 is 15.2 Å². The highest BCUT2D eigenvalue weighted by Gasteiger charge is 2.13. The van der Waals surface area contributed by atoms with E-state index in [0.717, 1.165) is 0 Å². The number of aliphatic hydroxyl groups is 1. The van der Waals surface area contributed by atoms with Crippen LogP contribution in [0.2, 0.25) is 0 Å². The first kappa shape index (κ1) is 12.9. The van der Waals surface area contributed by atoms with Crippen LogP contribution >= 0.6 is 15.9 Å². The lowest BCUT2D eigenvalue weighted by molar-refractivity contribution is -0.124. The number of ether oxygens (including phenoxy) is 1. The quantitative estimate of drug-likeness (QED) is 0.825. The summed E-state index contributed by atoms with van der Waals surface area (Å²) in [6.45, 7) is 1.73. The number of aromatic nitrogens is 1. The number of methoxy groups -OCH3 is 1. The number of hydrogen-bond acceptors (Lipinski definition) is 4. The normalized spacial score (nSPS) is 12.0. The molecule has 0 spiro atoms. The zero-order valence-electron chi connectivity index (χ0n) is 9.03. The number of amides is 1. The second-order valence-corrected chi connectivity index (χ2v) is 3.95. The van der Waals surface area contributed by atoms with Crippen molar-refractivity contribution in [1.82, 2.24) is 4.98 Å². The molecular weight excluding hydrogens is 276 g/mol. The second kappa shape index (κ2) is 5.81. The fraction of sp³-hybridized carbons (Fsp3) is 0.400. The second-order valence-electron chi connectivity index (χ2n) is 3.13. The molecule has 16 heavy (non-hydrogen) atoms. The molecule has 0 bridgehead atoms. The number of carbonyl (C=O) groups is 1. The number of aliphatic hydroxyl groups excluding tert-OH is 1. The van der Waals surface area contributed by atoms with Gasteiger partial charge >= 0.3 is 0 Å². The van der Waals surface area contributed by atoms with E-state index in [4.69, 9.17) is 4.74 Å². The van der Waals surface area contributed by atoms with Gasteiger partial charge in [0.1, 0.15) is 10.7 Å². The Morgan fingerprint density at radius 1 is 1.69 bits per heavy atom. The van der Waals surface area contributed by atoms with Crippen LogP contribution in [0.3, 0.4) is 0 Å². The fourth-order valence-electron chi connectivity index (χ4n) is 1.06. The Kier molecular flexibility index (Phi) is 4.70. The van der Waals surface area contributed by atoms with Gasteiger partial charge in [-0.2, -0.15) is 0 Å². The van der Waals surface area contributed by atoms with Crippen LogP contribution in [0.1, 0.15) is 13.3 Å². The fourth-order valence-corrected chi connectivity index (χ4v) is 1.48. The number of rotatable bonds is 4. The topological polar surface area (TPSA) is 71.5 Å². The van der Waals surface area contributed by atoms with Crippen molar-refractivity contribution in [3.05, 3.63) is 16.7 Å². The predicted octanol–water partition coefficient (Wildman–Crippen LogP) is 1.56. The van der Waals surface area contributed by atoms with Crippen LogP contribution in [0.15, 0.2) is 16.7 Å². The first-order chi connectivity index (χ1) is 7.56. The Balaban J connectivity index is 2.81. The average Bonchev–Trinajstić information content (AvgIpc) is 2.26. The molecule has 2 N–H and O–H groups in total. The molecule has 0 aliphatic heterocycles. The number of halogens is 1. The lowest BCUT2D eigenvalue weighted by Gasteiger charge is -2.10. The number of nitrogens with one attached hydrogen (secondary N) is 1. The number of anilines is 1. The van der Waals surface area contributed by atoms with Gasteiger partial charge in [0.2, 0.25) is 5.88 Å². The summed E-state index contributed by atoms with van der Waals surface area (Å²) in [7, 11) is 1.49. The van der Waals surface area contributed by atoms with Gasteiger partial charge in [-0.3, -0.25) is 4.79 Å². The highest BCUT2D eigenvalue weighted by Crippen LogP contribution is 2.20. The Morgan fingerprint density at radius 2 is 2.38 bits per heavy atom. The minimum Gasteiger partial charge on any atom is -0.481 e. The molecule has 0 aromatic carbocycles. The molecule has 1 aromatic heterocycles. The van der Waals surface area contributed by atoms with E-state index < -0.39 is 12.0 Å². The summed E-state index contributed by atoms with van der Waals surface area (Å²) in [5.74, 6) is -0.0571. The molecule has 1 aromatic rings. The van der Waals surface area contributed by atoms with E-state index in [9.17, 15) is 9.90 Å². The van der Waals surface area contributed by atoms with Crippen molar-refractivity contribution in [2.45, 2.75) is 19.4 Å². The highest BCUT2D eigenvalue weighted by atomic mass is 79.9. The molecule has 1 rings (SSSR count). The molecule has 0 fully saturated rings. The van der Waals surface area contributed by atoms with Crippen LogP contribution in [0.4, 0.5) is 5.69 Å². The number of pyridine rings is 1. The summed E-state index contributed by atoms with van der Waals surface area (Å²) in [6.07, 6.45) is -0.632. The van der Waals surface area contributed by atoms with Crippen LogP contribution in [0.5, 0.6) is 5.88 Å². The van der Waals surface area contributed by atoms with E-state index in [-0.39, 0.29) is 0 Å². The SMILES string of the molecule is CC[C@@H](O)C(=O)Nc1cc(Br)nc(OC)c1. The largest absolute Gasteiger partial charge is 0.481 e. The molecule has 0 aliphatic rings. The third kappa shape index (κ3) is 3.46. The summed E-state index contributed by atoms with van der Waals surface area (Å²) >= 11 is 3.19. The first-order valence-corrected chi connectivity index (χ1v) is 5.56. The molecule has 0 saturated heterocycles. The van der Waals surface area contributed by atoms with Crippen molar-refractivity contribution in [3.8, 4) is 5.88 Å². The molecule has 5 nitrogen and oxygen atoms in total. The van der Waals surface area contributed by atoms with E-state index >= 15 is 0 Å². The maximum Gasteiger partial charge on any atom is 0.253 e. The van der Waals surface area contributed by atoms with Gasteiger partial charge in [0, 0.05) is 11.8 Å². The molecule has 6 heteroatoms. The highest BCUT2D eigenvalue weighted by molar-refractivity contribution is 9.10. The number of hydrogen-bond donors (Lipinski definition) is 2. The zero-order chi connectivity index (χ0) is 12.1. The smallest absolute Gasteiger partial charge is 0.253 e. The van der Waals surface area contributed by atoms with E-state index in [0.29, 0.717) is 22.6 Å². The third-order valence-corrected chi connectivity index (χ3v) is 2.34. The van der Waals surface area contributed by atoms with Gasteiger partial charge in [-0.25, -0.2) is 4.98 Å². The summed E-state index contributed by atoms with van der Waals surface area (Å²) in [6, 6.07) is 3.20. The monoisotopic (exact) mass is 288 g/mol. The Labute approximate surface area is 102 Å². The summed E-state index contributed by atoms with van der Waals surface area (Å²) < 4.78 is 5.50. The van der Waals surface area contributed by atoms with Crippen molar-refractivity contribution in [3.63, 3.8) is 0 Å². The van der Waals surface area contributed by atoms with Crippen LogP contribution in [0.25, 0.3) is 0 Å². The molecule has 0 radical (unpaired) electrons. The summed E-state index contributed by atoms with van der Waals surface area (Å²) in [5.41, 5.74) is 0.524. The van der Waals surface area contributed by atoms with Gasteiger partial charge in [0.05, 0.1) is 7.11 Å². The summed E-state index contributed by atoms with van der Waals surface area (Å²) in [5, 5.41) is 11.9. The minimum absolute atomic E-state index is 0.370. The first-order valence-electron chi connectivity index (χ1n) is 4.77. The third-order valence-electron chi connectivity index (χ3n) is 1.94. The van der Waals surface area contributed by atoms with Crippen molar-refractivity contribution >= 4 is 27.5 Å². The molecular formula is C10H13BrN2O3. The van der Waals surface area contributed by atoms with Crippen LogP contribution in [-0.2, 0) is 4.79 Å². The maximum absolute atomic E-state index is 11.4. The molecule has 0 saturated carbocycles. The summed E-state index contributed by atoms with van der Waals surface area (Å²) in [4.78, 5) is 15.4. The maximum atomic E-state index is 11.4. The van der Waals surface area contributed by atoms with E-state index in [1.807, 2.05) is 0 Å². The molecule has 0 unspecified atom stereocenters. The lowest BCUT2D eigenvalue weighted by Crippen LogP contribution is -2.26. The average molecular weight is 289 g/mol. The van der Waals surface area contributed by atoms with Crippen LogP contribution in [0, 0.1) is 0 Å². The van der Waals surface area contributed by atoms with Crippen molar-refractivity contribution in [2.75, 3.05) is 12.4 Å². The van der Waals surface area contributed by atoms with Gasteiger partial charge in [-0.1, -0.05) is 6.92 Å². The van der Waals surface area contributed by atoms with E-state index in [1.54, 1.807) is 19.1 Å². The van der Waals surface area contributed by atoms with Crippen LogP contribution < -0.4 is 10.1 Å². The Morgan fingerprint density at radius 3 is 2.94 bits per heavy atom. The minimum atomic E-state index is -1.00. The lowest BCUT2D eigenvalue weighted by atomic mass is 10.2. The Hall–Kier alpha value is -1.14. The Bertz CT molecular complexity index is 384. The number of carbonyl (C=O) groups excluding carboxylic acids is 1.